The fourth-order valence-electron chi connectivity index (χ4n) is 4.16. The Morgan fingerprint density at radius 1 is 1.00 bits per heavy atom. The van der Waals surface area contributed by atoms with Crippen LogP contribution in [0, 0.1) is 13.8 Å². The molecule has 5 nitrogen and oxygen atoms in total. The molecule has 4 aromatic rings. The highest BCUT2D eigenvalue weighted by Gasteiger charge is 2.12. The van der Waals surface area contributed by atoms with E-state index in [0.29, 0.717) is 23.7 Å². The molecule has 0 bridgehead atoms. The highest BCUT2D eigenvalue weighted by Crippen LogP contribution is 2.26. The Morgan fingerprint density at radius 3 is 2.49 bits per heavy atom. The van der Waals surface area contributed by atoms with Crippen molar-refractivity contribution in [1.82, 2.24) is 14.9 Å². The van der Waals surface area contributed by atoms with Gasteiger partial charge in [0.15, 0.2) is 0 Å². The first-order valence-electron chi connectivity index (χ1n) is 11.8. The first kappa shape index (κ1) is 25.1. The van der Waals surface area contributed by atoms with Crippen molar-refractivity contribution >= 4 is 40.1 Å². The molecule has 1 heterocycles. The standard InChI is InChI=1S/C28H29Cl2N3O2/c1-19-17-21(18-20(2)27(19)30)35-16-8-15-33-25-12-6-5-11-24(25)32-26(33)13-7-14-31-28(34)22-9-3-4-10-23(22)29/h3-6,9-12,17-18H,7-8,13-16H2,1-2H3,(H,31,34). The molecule has 35 heavy (non-hydrogen) atoms. The van der Waals surface area contributed by atoms with Crippen LogP contribution in [0.4, 0.5) is 0 Å². The average molecular weight is 510 g/mol. The summed E-state index contributed by atoms with van der Waals surface area (Å²) in [7, 11) is 0. The smallest absolute Gasteiger partial charge is 0.252 e. The summed E-state index contributed by atoms with van der Waals surface area (Å²) in [4.78, 5) is 17.2. The lowest BCUT2D eigenvalue weighted by Crippen LogP contribution is -2.25. The Hall–Kier alpha value is -3.02. The maximum absolute atomic E-state index is 12.4. The summed E-state index contributed by atoms with van der Waals surface area (Å²) in [6.45, 7) is 5.92. The number of nitrogens with one attached hydrogen (secondary N) is 1. The summed E-state index contributed by atoms with van der Waals surface area (Å²) in [5, 5.41) is 4.20. The molecule has 0 radical (unpaired) electrons. The number of imidazole rings is 1. The predicted octanol–water partition coefficient (Wildman–Crippen LogP) is 6.79. The van der Waals surface area contributed by atoms with Crippen LogP contribution in [0.15, 0.2) is 60.7 Å². The van der Waals surface area contributed by atoms with Gasteiger partial charge in [0.25, 0.3) is 5.91 Å². The van der Waals surface area contributed by atoms with Crippen LogP contribution >= 0.6 is 23.2 Å². The fourth-order valence-corrected chi connectivity index (χ4v) is 4.49. The number of hydrogen-bond acceptors (Lipinski definition) is 3. The van der Waals surface area contributed by atoms with E-state index in [-0.39, 0.29) is 5.91 Å². The summed E-state index contributed by atoms with van der Waals surface area (Å²) >= 11 is 12.4. The minimum absolute atomic E-state index is 0.158. The van der Waals surface area contributed by atoms with Gasteiger partial charge in [-0.1, -0.05) is 47.5 Å². The van der Waals surface area contributed by atoms with Crippen LogP contribution in [0.2, 0.25) is 10.0 Å². The molecule has 0 aliphatic rings. The zero-order valence-corrected chi connectivity index (χ0v) is 21.5. The number of ether oxygens (including phenoxy) is 1. The number of hydrogen-bond donors (Lipinski definition) is 1. The van der Waals surface area contributed by atoms with Crippen LogP contribution in [0.1, 0.15) is 40.2 Å². The first-order valence-corrected chi connectivity index (χ1v) is 12.6. The molecule has 0 aliphatic heterocycles. The quantitative estimate of drug-likeness (QED) is 0.239. The zero-order valence-electron chi connectivity index (χ0n) is 20.0. The molecule has 4 rings (SSSR count). The van der Waals surface area contributed by atoms with E-state index in [0.717, 1.165) is 64.6 Å². The van der Waals surface area contributed by atoms with Crippen LogP contribution in [0.5, 0.6) is 5.75 Å². The second kappa shape index (κ2) is 11.6. The Balaban J connectivity index is 1.34. The van der Waals surface area contributed by atoms with E-state index in [2.05, 4.69) is 16.0 Å². The van der Waals surface area contributed by atoms with Crippen molar-refractivity contribution in [3.8, 4) is 5.75 Å². The van der Waals surface area contributed by atoms with Crippen LogP contribution in [0.25, 0.3) is 11.0 Å². The van der Waals surface area contributed by atoms with E-state index < -0.39 is 0 Å². The normalized spacial score (nSPS) is 11.1. The lowest BCUT2D eigenvalue weighted by Gasteiger charge is -2.12. The van der Waals surface area contributed by atoms with Gasteiger partial charge in [0, 0.05) is 24.5 Å². The Labute approximate surface area is 216 Å². The molecular formula is C28H29Cl2N3O2. The van der Waals surface area contributed by atoms with E-state index in [1.165, 1.54) is 0 Å². The molecule has 1 amide bonds. The number of carbonyl (C=O) groups is 1. The van der Waals surface area contributed by atoms with Gasteiger partial charge >= 0.3 is 0 Å². The summed E-state index contributed by atoms with van der Waals surface area (Å²) in [6.07, 6.45) is 2.38. The number of fused-ring (bicyclic) bond motifs is 1. The number of halogens is 2. The minimum Gasteiger partial charge on any atom is -0.494 e. The summed E-state index contributed by atoms with van der Waals surface area (Å²) < 4.78 is 8.26. The third kappa shape index (κ3) is 6.16. The first-order chi connectivity index (χ1) is 16.9. The predicted molar refractivity (Wildman–Crippen MR) is 143 cm³/mol. The average Bonchev–Trinajstić information content (AvgIpc) is 3.20. The van der Waals surface area contributed by atoms with E-state index in [1.807, 2.05) is 56.3 Å². The van der Waals surface area contributed by atoms with Crippen LogP contribution in [-0.4, -0.2) is 28.6 Å². The third-order valence-electron chi connectivity index (χ3n) is 5.92. The van der Waals surface area contributed by atoms with E-state index >= 15 is 0 Å². The molecule has 1 aromatic heterocycles. The highest BCUT2D eigenvalue weighted by atomic mass is 35.5. The summed E-state index contributed by atoms with van der Waals surface area (Å²) in [5.41, 5.74) is 4.62. The Morgan fingerprint density at radius 2 is 1.71 bits per heavy atom. The van der Waals surface area contributed by atoms with E-state index in [1.54, 1.807) is 12.1 Å². The van der Waals surface area contributed by atoms with Crippen LogP contribution in [0.3, 0.4) is 0 Å². The second-order valence-corrected chi connectivity index (χ2v) is 9.37. The van der Waals surface area contributed by atoms with Gasteiger partial charge in [0.05, 0.1) is 28.2 Å². The largest absolute Gasteiger partial charge is 0.494 e. The Bertz CT molecular complexity index is 1310. The fraction of sp³-hybridized carbons (Fsp3) is 0.286. The van der Waals surface area contributed by atoms with Gasteiger partial charge < -0.3 is 14.6 Å². The number of amides is 1. The van der Waals surface area contributed by atoms with Gasteiger partial charge in [0.1, 0.15) is 11.6 Å². The SMILES string of the molecule is Cc1cc(OCCCn2c(CCCNC(=O)c3ccccc3Cl)nc3ccccc32)cc(C)c1Cl. The maximum atomic E-state index is 12.4. The lowest BCUT2D eigenvalue weighted by atomic mass is 10.1. The monoisotopic (exact) mass is 509 g/mol. The highest BCUT2D eigenvalue weighted by molar-refractivity contribution is 6.33. The van der Waals surface area contributed by atoms with E-state index in [9.17, 15) is 4.79 Å². The third-order valence-corrected chi connectivity index (χ3v) is 6.85. The number of para-hydroxylation sites is 2. The second-order valence-electron chi connectivity index (χ2n) is 8.58. The molecule has 0 atom stereocenters. The summed E-state index contributed by atoms with van der Waals surface area (Å²) in [6, 6.07) is 19.2. The van der Waals surface area contributed by atoms with Crippen molar-refractivity contribution in [1.29, 1.82) is 0 Å². The van der Waals surface area contributed by atoms with Crippen LogP contribution in [-0.2, 0) is 13.0 Å². The van der Waals surface area contributed by atoms with Gasteiger partial charge in [-0.2, -0.15) is 0 Å². The molecular weight excluding hydrogens is 481 g/mol. The number of rotatable bonds is 10. The number of nitrogens with zero attached hydrogens (tertiary/aromatic N) is 2. The van der Waals surface area contributed by atoms with Gasteiger partial charge in [-0.3, -0.25) is 4.79 Å². The van der Waals surface area contributed by atoms with Crippen molar-refractivity contribution in [2.24, 2.45) is 0 Å². The maximum Gasteiger partial charge on any atom is 0.252 e. The number of aromatic nitrogens is 2. The van der Waals surface area contributed by atoms with Gasteiger partial charge in [-0.15, -0.1) is 0 Å². The number of aryl methyl sites for hydroxylation is 4. The molecule has 0 spiro atoms. The van der Waals surface area contributed by atoms with Crippen LogP contribution < -0.4 is 10.1 Å². The van der Waals surface area contributed by atoms with Crippen molar-refractivity contribution < 1.29 is 9.53 Å². The van der Waals surface area contributed by atoms with Gasteiger partial charge in [-0.25, -0.2) is 4.98 Å². The number of carbonyl (C=O) groups excluding carboxylic acids is 1. The molecule has 7 heteroatoms. The van der Waals surface area contributed by atoms with Crippen molar-refractivity contribution in [2.75, 3.05) is 13.2 Å². The van der Waals surface area contributed by atoms with Crippen molar-refractivity contribution in [2.45, 2.75) is 39.7 Å². The topological polar surface area (TPSA) is 56.1 Å². The molecule has 182 valence electrons. The molecule has 0 fully saturated rings. The zero-order chi connectivity index (χ0) is 24.8. The molecule has 0 aliphatic carbocycles. The summed E-state index contributed by atoms with van der Waals surface area (Å²) in [5.74, 6) is 1.69. The van der Waals surface area contributed by atoms with E-state index in [4.69, 9.17) is 32.9 Å². The van der Waals surface area contributed by atoms with Crippen molar-refractivity contribution in [3.05, 3.63) is 93.2 Å². The number of benzene rings is 3. The van der Waals surface area contributed by atoms with Gasteiger partial charge in [0.2, 0.25) is 0 Å². The molecule has 0 saturated heterocycles. The Kier molecular flexibility index (Phi) is 8.32. The minimum atomic E-state index is -0.158. The lowest BCUT2D eigenvalue weighted by molar-refractivity contribution is 0.0953. The molecule has 0 saturated carbocycles. The van der Waals surface area contributed by atoms with Crippen molar-refractivity contribution in [3.63, 3.8) is 0 Å². The molecule has 1 N–H and O–H groups in total. The molecule has 0 unspecified atom stereocenters. The molecule has 3 aromatic carbocycles. The van der Waals surface area contributed by atoms with Gasteiger partial charge in [-0.05, 0) is 74.2 Å².